The van der Waals surface area contributed by atoms with Crippen molar-refractivity contribution < 1.29 is 13.7 Å². The first-order chi connectivity index (χ1) is 13.3. The fourth-order valence-corrected chi connectivity index (χ4v) is 3.54. The molecule has 1 fully saturated rings. The lowest BCUT2D eigenvalue weighted by atomic mass is 10.0. The fraction of sp³-hybridized carbons (Fsp3) is 0.333. The molecule has 0 bridgehead atoms. The Bertz CT molecular complexity index is 852. The predicted octanol–water partition coefficient (Wildman–Crippen LogP) is 3.37. The highest BCUT2D eigenvalue weighted by atomic mass is 16.5. The van der Waals surface area contributed by atoms with Crippen molar-refractivity contribution in [3.05, 3.63) is 66.1 Å². The van der Waals surface area contributed by atoms with Crippen LogP contribution in [0.5, 0.6) is 0 Å². The molecule has 1 amide bonds. The first kappa shape index (κ1) is 17.5. The number of carbonyl (C=O) groups is 1. The van der Waals surface area contributed by atoms with Gasteiger partial charge in [0.05, 0.1) is 6.26 Å². The van der Waals surface area contributed by atoms with Crippen molar-refractivity contribution in [2.24, 2.45) is 0 Å². The smallest absolute Gasteiger partial charge is 0.273 e. The maximum atomic E-state index is 12.5. The standard InChI is InChI=1S/C21H23N3O3/c25-21(18-14-20(27-23-18)19-9-6-12-26-19)22-15-17(24-10-4-5-11-24)13-16-7-2-1-3-8-16/h1-3,6-9,12,14,17H,4-5,10-11,13,15H2,(H,22,25). The average Bonchev–Trinajstić information content (AvgIpc) is 3.47. The minimum absolute atomic E-state index is 0.228. The van der Waals surface area contributed by atoms with Gasteiger partial charge in [0, 0.05) is 18.7 Å². The molecule has 1 aromatic carbocycles. The van der Waals surface area contributed by atoms with Crippen LogP contribution < -0.4 is 5.32 Å². The van der Waals surface area contributed by atoms with Crippen LogP contribution >= 0.6 is 0 Å². The number of nitrogens with zero attached hydrogens (tertiary/aromatic N) is 2. The number of nitrogens with one attached hydrogen (secondary N) is 1. The molecule has 1 atom stereocenters. The third-order valence-electron chi connectivity index (χ3n) is 4.98. The molecule has 1 aliphatic heterocycles. The first-order valence-corrected chi connectivity index (χ1v) is 9.36. The molecule has 1 saturated heterocycles. The maximum Gasteiger partial charge on any atom is 0.273 e. The third-order valence-corrected chi connectivity index (χ3v) is 4.98. The van der Waals surface area contributed by atoms with Crippen molar-refractivity contribution in [2.75, 3.05) is 19.6 Å². The van der Waals surface area contributed by atoms with Crippen LogP contribution in [0, 0.1) is 0 Å². The third kappa shape index (κ3) is 4.28. The van der Waals surface area contributed by atoms with Crippen LogP contribution in [0.4, 0.5) is 0 Å². The van der Waals surface area contributed by atoms with Gasteiger partial charge in [0.2, 0.25) is 5.76 Å². The van der Waals surface area contributed by atoms with Crippen molar-refractivity contribution in [3.8, 4) is 11.5 Å². The summed E-state index contributed by atoms with van der Waals surface area (Å²) in [5.74, 6) is 0.778. The Morgan fingerprint density at radius 3 is 2.67 bits per heavy atom. The molecule has 2 aromatic heterocycles. The van der Waals surface area contributed by atoms with Gasteiger partial charge in [-0.2, -0.15) is 0 Å². The van der Waals surface area contributed by atoms with E-state index < -0.39 is 0 Å². The van der Waals surface area contributed by atoms with Crippen LogP contribution in [-0.4, -0.2) is 41.6 Å². The van der Waals surface area contributed by atoms with Gasteiger partial charge < -0.3 is 14.3 Å². The number of aromatic nitrogens is 1. The number of likely N-dealkylation sites (tertiary alicyclic amines) is 1. The maximum absolute atomic E-state index is 12.5. The predicted molar refractivity (Wildman–Crippen MR) is 101 cm³/mol. The summed E-state index contributed by atoms with van der Waals surface area (Å²) in [5.41, 5.74) is 1.55. The monoisotopic (exact) mass is 365 g/mol. The molecule has 1 aliphatic rings. The van der Waals surface area contributed by atoms with Gasteiger partial charge in [-0.25, -0.2) is 0 Å². The molecule has 3 aromatic rings. The van der Waals surface area contributed by atoms with Crippen LogP contribution in [0.25, 0.3) is 11.5 Å². The summed E-state index contributed by atoms with van der Waals surface area (Å²) in [6.07, 6.45) is 4.91. The van der Waals surface area contributed by atoms with Crippen LogP contribution in [0.2, 0.25) is 0 Å². The Morgan fingerprint density at radius 2 is 1.93 bits per heavy atom. The second-order valence-corrected chi connectivity index (χ2v) is 6.85. The number of furan rings is 1. The molecule has 3 heterocycles. The van der Waals surface area contributed by atoms with Gasteiger partial charge >= 0.3 is 0 Å². The molecule has 0 saturated carbocycles. The number of benzene rings is 1. The summed E-state index contributed by atoms with van der Waals surface area (Å²) in [7, 11) is 0. The molecule has 1 N–H and O–H groups in total. The van der Waals surface area contributed by atoms with Gasteiger partial charge in [0.15, 0.2) is 11.5 Å². The van der Waals surface area contributed by atoms with Crippen molar-refractivity contribution >= 4 is 5.91 Å². The van der Waals surface area contributed by atoms with Crippen LogP contribution in [0.15, 0.2) is 63.7 Å². The highest BCUT2D eigenvalue weighted by molar-refractivity contribution is 5.92. The van der Waals surface area contributed by atoms with E-state index in [-0.39, 0.29) is 17.6 Å². The van der Waals surface area contributed by atoms with Crippen molar-refractivity contribution in [1.82, 2.24) is 15.4 Å². The van der Waals surface area contributed by atoms with Gasteiger partial charge in [-0.05, 0) is 50.0 Å². The van der Waals surface area contributed by atoms with Crippen molar-refractivity contribution in [1.29, 1.82) is 0 Å². The van der Waals surface area contributed by atoms with E-state index in [0.29, 0.717) is 18.1 Å². The molecule has 0 radical (unpaired) electrons. The van der Waals surface area contributed by atoms with E-state index in [1.165, 1.54) is 18.4 Å². The summed E-state index contributed by atoms with van der Waals surface area (Å²) >= 11 is 0. The molecule has 0 spiro atoms. The number of carbonyl (C=O) groups excluding carboxylic acids is 1. The summed E-state index contributed by atoms with van der Waals surface area (Å²) in [6, 6.07) is 15.8. The van der Waals surface area contributed by atoms with Crippen LogP contribution in [0.1, 0.15) is 28.9 Å². The normalized spacial score (nSPS) is 15.7. The van der Waals surface area contributed by atoms with E-state index >= 15 is 0 Å². The summed E-state index contributed by atoms with van der Waals surface area (Å²) < 4.78 is 10.5. The highest BCUT2D eigenvalue weighted by Crippen LogP contribution is 2.20. The lowest BCUT2D eigenvalue weighted by molar-refractivity contribution is 0.0928. The minimum Gasteiger partial charge on any atom is -0.461 e. The Balaban J connectivity index is 1.40. The zero-order chi connectivity index (χ0) is 18.5. The van der Waals surface area contributed by atoms with Gasteiger partial charge in [-0.3, -0.25) is 9.69 Å². The summed E-state index contributed by atoms with van der Waals surface area (Å²) in [5, 5.41) is 6.89. The van der Waals surface area contributed by atoms with Crippen LogP contribution in [-0.2, 0) is 6.42 Å². The van der Waals surface area contributed by atoms with E-state index in [4.69, 9.17) is 8.94 Å². The van der Waals surface area contributed by atoms with E-state index in [1.54, 1.807) is 24.5 Å². The van der Waals surface area contributed by atoms with E-state index in [9.17, 15) is 4.79 Å². The quantitative estimate of drug-likeness (QED) is 0.695. The number of amides is 1. The van der Waals surface area contributed by atoms with Crippen molar-refractivity contribution in [2.45, 2.75) is 25.3 Å². The lowest BCUT2D eigenvalue weighted by Crippen LogP contribution is -2.44. The lowest BCUT2D eigenvalue weighted by Gasteiger charge is -2.27. The van der Waals surface area contributed by atoms with Gasteiger partial charge in [0.1, 0.15) is 0 Å². The van der Waals surface area contributed by atoms with Gasteiger partial charge in [-0.15, -0.1) is 0 Å². The summed E-state index contributed by atoms with van der Waals surface area (Å²) in [4.78, 5) is 15.0. The Kier molecular flexibility index (Phi) is 5.34. The van der Waals surface area contributed by atoms with E-state index in [1.807, 2.05) is 6.07 Å². The average molecular weight is 365 g/mol. The van der Waals surface area contributed by atoms with Gasteiger partial charge in [0.25, 0.3) is 5.91 Å². The molecule has 4 rings (SSSR count). The number of hydrogen-bond donors (Lipinski definition) is 1. The highest BCUT2D eigenvalue weighted by Gasteiger charge is 2.23. The molecule has 0 aliphatic carbocycles. The molecule has 6 nitrogen and oxygen atoms in total. The molecule has 140 valence electrons. The topological polar surface area (TPSA) is 71.5 Å². The zero-order valence-corrected chi connectivity index (χ0v) is 15.1. The molecule has 6 heteroatoms. The second-order valence-electron chi connectivity index (χ2n) is 6.85. The SMILES string of the molecule is O=C(NCC(Cc1ccccc1)N1CCCC1)c1cc(-c2ccco2)on1. The Hall–Kier alpha value is -2.86. The molecule has 27 heavy (non-hydrogen) atoms. The Labute approximate surface area is 158 Å². The number of rotatable bonds is 7. The number of hydrogen-bond acceptors (Lipinski definition) is 5. The second kappa shape index (κ2) is 8.22. The fourth-order valence-electron chi connectivity index (χ4n) is 3.54. The molecular weight excluding hydrogens is 342 g/mol. The van der Waals surface area contributed by atoms with Crippen LogP contribution in [0.3, 0.4) is 0 Å². The Morgan fingerprint density at radius 1 is 1.11 bits per heavy atom. The summed E-state index contributed by atoms with van der Waals surface area (Å²) in [6.45, 7) is 2.75. The molecule has 1 unspecified atom stereocenters. The largest absolute Gasteiger partial charge is 0.461 e. The van der Waals surface area contributed by atoms with E-state index in [0.717, 1.165) is 19.5 Å². The van der Waals surface area contributed by atoms with E-state index in [2.05, 4.69) is 39.6 Å². The van der Waals surface area contributed by atoms with Gasteiger partial charge in [-0.1, -0.05) is 35.5 Å². The van der Waals surface area contributed by atoms with Crippen molar-refractivity contribution in [3.63, 3.8) is 0 Å². The molecular formula is C21H23N3O3. The zero-order valence-electron chi connectivity index (χ0n) is 15.1. The first-order valence-electron chi connectivity index (χ1n) is 9.36. The minimum atomic E-state index is -0.228.